The molecule has 19 heavy (non-hydrogen) atoms. The van der Waals surface area contributed by atoms with Gasteiger partial charge in [0.1, 0.15) is 0 Å². The van der Waals surface area contributed by atoms with Crippen molar-refractivity contribution in [1.29, 1.82) is 0 Å². The van der Waals surface area contributed by atoms with Crippen LogP contribution < -0.4 is 5.32 Å². The quantitative estimate of drug-likeness (QED) is 0.888. The summed E-state index contributed by atoms with van der Waals surface area (Å²) in [5.41, 5.74) is 3.45. The second kappa shape index (κ2) is 5.06. The molecule has 2 aromatic carbocycles. The van der Waals surface area contributed by atoms with Gasteiger partial charge in [-0.1, -0.05) is 48.0 Å². The Morgan fingerprint density at radius 1 is 1.11 bits per heavy atom. The molecule has 0 bridgehead atoms. The fraction of sp³-hybridized carbons (Fsp3) is 0.188. The Labute approximate surface area is 117 Å². The number of nitrogens with one attached hydrogen (secondary N) is 1. The second-order valence-electron chi connectivity index (χ2n) is 4.80. The molecule has 3 heteroatoms. The van der Waals surface area contributed by atoms with E-state index in [2.05, 4.69) is 17.4 Å². The van der Waals surface area contributed by atoms with Gasteiger partial charge in [0, 0.05) is 23.9 Å². The number of hydrogen-bond donors (Lipinski definition) is 1. The molecule has 3 rings (SSSR count). The van der Waals surface area contributed by atoms with Gasteiger partial charge in [-0.2, -0.15) is 0 Å². The van der Waals surface area contributed by atoms with Crippen LogP contribution in [0.5, 0.6) is 0 Å². The van der Waals surface area contributed by atoms with Crippen molar-refractivity contribution in [1.82, 2.24) is 5.32 Å². The molecule has 1 N–H and O–H groups in total. The standard InChI is InChI=1S/C16H14ClNO/c17-13-6-7-14(12-8-16(19)18-10-12)15(9-13)11-4-2-1-3-5-11/h1-7,9,12H,8,10H2,(H,18,19)/t12-/m0/s1. The lowest BCUT2D eigenvalue weighted by atomic mass is 9.90. The van der Waals surface area contributed by atoms with Gasteiger partial charge >= 0.3 is 0 Å². The summed E-state index contributed by atoms with van der Waals surface area (Å²) in [5, 5.41) is 3.61. The van der Waals surface area contributed by atoms with Crippen LogP contribution in [0.1, 0.15) is 17.9 Å². The third-order valence-electron chi connectivity index (χ3n) is 3.52. The lowest BCUT2D eigenvalue weighted by Gasteiger charge is -2.15. The van der Waals surface area contributed by atoms with Gasteiger partial charge < -0.3 is 5.32 Å². The molecule has 1 amide bonds. The summed E-state index contributed by atoms with van der Waals surface area (Å²) in [6.45, 7) is 0.709. The summed E-state index contributed by atoms with van der Waals surface area (Å²) in [4.78, 5) is 11.4. The Hall–Kier alpha value is -1.80. The number of benzene rings is 2. The molecule has 1 fully saturated rings. The SMILES string of the molecule is O=C1C[C@H](c2ccc(Cl)cc2-c2ccccc2)CN1. The van der Waals surface area contributed by atoms with Crippen LogP contribution in [0.2, 0.25) is 5.02 Å². The minimum Gasteiger partial charge on any atom is -0.355 e. The fourth-order valence-electron chi connectivity index (χ4n) is 2.58. The van der Waals surface area contributed by atoms with Crippen LogP contribution in [-0.2, 0) is 4.79 Å². The molecule has 2 nitrogen and oxygen atoms in total. The summed E-state index contributed by atoms with van der Waals surface area (Å²) in [5.74, 6) is 0.360. The molecule has 0 aromatic heterocycles. The number of rotatable bonds is 2. The smallest absolute Gasteiger partial charge is 0.220 e. The van der Waals surface area contributed by atoms with Crippen molar-refractivity contribution >= 4 is 17.5 Å². The van der Waals surface area contributed by atoms with Gasteiger partial charge in [-0.15, -0.1) is 0 Å². The van der Waals surface area contributed by atoms with Crippen LogP contribution in [0.3, 0.4) is 0 Å². The minimum absolute atomic E-state index is 0.124. The topological polar surface area (TPSA) is 29.1 Å². The van der Waals surface area contributed by atoms with Crippen LogP contribution in [-0.4, -0.2) is 12.5 Å². The molecule has 2 aromatic rings. The molecule has 0 unspecified atom stereocenters. The minimum atomic E-state index is 0.124. The van der Waals surface area contributed by atoms with E-state index < -0.39 is 0 Å². The highest BCUT2D eigenvalue weighted by Crippen LogP contribution is 2.34. The van der Waals surface area contributed by atoms with Crippen LogP contribution >= 0.6 is 11.6 Å². The van der Waals surface area contributed by atoms with E-state index in [4.69, 9.17) is 11.6 Å². The molecule has 0 radical (unpaired) electrons. The zero-order valence-electron chi connectivity index (χ0n) is 10.4. The van der Waals surface area contributed by atoms with Crippen molar-refractivity contribution < 1.29 is 4.79 Å². The van der Waals surface area contributed by atoms with Gasteiger partial charge in [-0.3, -0.25) is 4.79 Å². The molecule has 1 atom stereocenters. The van der Waals surface area contributed by atoms with Crippen molar-refractivity contribution in [2.24, 2.45) is 0 Å². The number of amides is 1. The predicted octanol–water partition coefficient (Wildman–Crippen LogP) is 3.61. The highest BCUT2D eigenvalue weighted by atomic mass is 35.5. The van der Waals surface area contributed by atoms with E-state index in [1.807, 2.05) is 36.4 Å². The van der Waals surface area contributed by atoms with Crippen molar-refractivity contribution in [2.45, 2.75) is 12.3 Å². The highest BCUT2D eigenvalue weighted by Gasteiger charge is 2.25. The Balaban J connectivity index is 2.07. The van der Waals surface area contributed by atoms with E-state index in [0.29, 0.717) is 13.0 Å². The van der Waals surface area contributed by atoms with Crippen LogP contribution in [0.15, 0.2) is 48.5 Å². The Morgan fingerprint density at radius 3 is 2.58 bits per heavy atom. The number of carbonyl (C=O) groups excluding carboxylic acids is 1. The molecule has 0 spiro atoms. The summed E-state index contributed by atoms with van der Waals surface area (Å²) in [6.07, 6.45) is 0.557. The molecule has 1 aliphatic rings. The zero-order valence-corrected chi connectivity index (χ0v) is 11.2. The van der Waals surface area contributed by atoms with Gasteiger partial charge in [0.2, 0.25) is 5.91 Å². The van der Waals surface area contributed by atoms with E-state index in [-0.39, 0.29) is 11.8 Å². The molecule has 0 saturated carbocycles. The first-order chi connectivity index (χ1) is 9.24. The average Bonchev–Trinajstić information content (AvgIpc) is 2.86. The van der Waals surface area contributed by atoms with Crippen LogP contribution in [0.25, 0.3) is 11.1 Å². The second-order valence-corrected chi connectivity index (χ2v) is 5.24. The molecule has 1 aliphatic heterocycles. The van der Waals surface area contributed by atoms with Crippen molar-refractivity contribution in [3.05, 3.63) is 59.1 Å². The maximum atomic E-state index is 11.4. The zero-order chi connectivity index (χ0) is 13.2. The van der Waals surface area contributed by atoms with Gasteiger partial charge in [-0.05, 0) is 28.8 Å². The lowest BCUT2D eigenvalue weighted by molar-refractivity contribution is -0.119. The van der Waals surface area contributed by atoms with Crippen molar-refractivity contribution in [2.75, 3.05) is 6.54 Å². The van der Waals surface area contributed by atoms with Crippen LogP contribution in [0.4, 0.5) is 0 Å². The predicted molar refractivity (Wildman–Crippen MR) is 77.3 cm³/mol. The normalized spacial score (nSPS) is 18.4. The maximum Gasteiger partial charge on any atom is 0.220 e. The maximum absolute atomic E-state index is 11.4. The summed E-state index contributed by atoms with van der Waals surface area (Å²) >= 11 is 6.12. The lowest BCUT2D eigenvalue weighted by Crippen LogP contribution is -2.13. The first-order valence-corrected chi connectivity index (χ1v) is 6.73. The Bertz CT molecular complexity index is 609. The molecule has 0 aliphatic carbocycles. The third kappa shape index (κ3) is 2.49. The average molecular weight is 272 g/mol. The Morgan fingerprint density at radius 2 is 1.89 bits per heavy atom. The van der Waals surface area contributed by atoms with Gasteiger partial charge in [-0.25, -0.2) is 0 Å². The first kappa shape index (κ1) is 12.2. The monoisotopic (exact) mass is 271 g/mol. The van der Waals surface area contributed by atoms with Gasteiger partial charge in [0.15, 0.2) is 0 Å². The van der Waals surface area contributed by atoms with Crippen molar-refractivity contribution in [3.63, 3.8) is 0 Å². The highest BCUT2D eigenvalue weighted by molar-refractivity contribution is 6.30. The number of carbonyl (C=O) groups is 1. The largest absolute Gasteiger partial charge is 0.355 e. The summed E-state index contributed by atoms with van der Waals surface area (Å²) < 4.78 is 0. The van der Waals surface area contributed by atoms with E-state index in [1.165, 1.54) is 5.56 Å². The van der Waals surface area contributed by atoms with E-state index in [0.717, 1.165) is 16.1 Å². The summed E-state index contributed by atoms with van der Waals surface area (Å²) in [6, 6.07) is 16.1. The number of halogens is 1. The Kier molecular flexibility index (Phi) is 3.26. The number of hydrogen-bond acceptors (Lipinski definition) is 1. The van der Waals surface area contributed by atoms with Gasteiger partial charge in [0.05, 0.1) is 0 Å². The molecule has 1 saturated heterocycles. The van der Waals surface area contributed by atoms with Crippen molar-refractivity contribution in [3.8, 4) is 11.1 Å². The van der Waals surface area contributed by atoms with Crippen LogP contribution in [0, 0.1) is 0 Å². The van der Waals surface area contributed by atoms with E-state index in [1.54, 1.807) is 0 Å². The summed E-state index contributed by atoms with van der Waals surface area (Å²) in [7, 11) is 0. The third-order valence-corrected chi connectivity index (χ3v) is 3.75. The first-order valence-electron chi connectivity index (χ1n) is 6.35. The van der Waals surface area contributed by atoms with E-state index in [9.17, 15) is 4.79 Å². The molecule has 96 valence electrons. The molecular weight excluding hydrogens is 258 g/mol. The van der Waals surface area contributed by atoms with E-state index >= 15 is 0 Å². The fourth-order valence-corrected chi connectivity index (χ4v) is 2.75. The van der Waals surface area contributed by atoms with Gasteiger partial charge in [0.25, 0.3) is 0 Å². The molecular formula is C16H14ClNO. The molecule has 1 heterocycles.